The Morgan fingerprint density at radius 1 is 1.27 bits per heavy atom. The van der Waals surface area contributed by atoms with Crippen LogP contribution < -0.4 is 11.1 Å². The van der Waals surface area contributed by atoms with Crippen molar-refractivity contribution in [3.8, 4) is 0 Å². The van der Waals surface area contributed by atoms with Gasteiger partial charge in [-0.2, -0.15) is 0 Å². The van der Waals surface area contributed by atoms with E-state index in [2.05, 4.69) is 24.1 Å². The lowest BCUT2D eigenvalue weighted by atomic mass is 10.2. The fraction of sp³-hybridized carbons (Fsp3) is 1.00. The summed E-state index contributed by atoms with van der Waals surface area (Å²) in [6, 6.07) is 1.14. The van der Waals surface area contributed by atoms with E-state index < -0.39 is 0 Å². The molecular formula is C12H27N3. The Morgan fingerprint density at radius 3 is 2.53 bits per heavy atom. The smallest absolute Gasteiger partial charge is 0.00823 e. The number of nitrogens with two attached hydrogens (primary N) is 1. The number of nitrogens with one attached hydrogen (secondary N) is 1. The van der Waals surface area contributed by atoms with E-state index in [9.17, 15) is 0 Å². The number of hydrogen-bond acceptors (Lipinski definition) is 3. The van der Waals surface area contributed by atoms with E-state index >= 15 is 0 Å². The Labute approximate surface area is 94.4 Å². The molecule has 2 atom stereocenters. The van der Waals surface area contributed by atoms with Gasteiger partial charge in [-0.3, -0.25) is 0 Å². The SMILES string of the molecule is CCN(CC)CCCNC1CCC(N)C1. The molecule has 1 fully saturated rings. The maximum Gasteiger partial charge on any atom is 0.00823 e. The third-order valence-corrected chi connectivity index (χ3v) is 3.45. The van der Waals surface area contributed by atoms with Gasteiger partial charge in [-0.1, -0.05) is 13.8 Å². The first kappa shape index (κ1) is 12.9. The number of hydrogen-bond donors (Lipinski definition) is 2. The average molecular weight is 213 g/mol. The molecular weight excluding hydrogens is 186 g/mol. The second-order valence-corrected chi connectivity index (χ2v) is 4.60. The summed E-state index contributed by atoms with van der Waals surface area (Å²) < 4.78 is 0. The fourth-order valence-electron chi connectivity index (χ4n) is 2.35. The minimum Gasteiger partial charge on any atom is -0.328 e. The van der Waals surface area contributed by atoms with Crippen LogP contribution in [0.3, 0.4) is 0 Å². The van der Waals surface area contributed by atoms with Gasteiger partial charge in [-0.25, -0.2) is 0 Å². The zero-order chi connectivity index (χ0) is 11.1. The summed E-state index contributed by atoms with van der Waals surface area (Å²) in [6.45, 7) is 9.17. The highest BCUT2D eigenvalue weighted by molar-refractivity contribution is 4.82. The predicted molar refractivity (Wildman–Crippen MR) is 66.0 cm³/mol. The van der Waals surface area contributed by atoms with Gasteiger partial charge >= 0.3 is 0 Å². The van der Waals surface area contributed by atoms with Crippen molar-refractivity contribution in [2.24, 2.45) is 5.73 Å². The van der Waals surface area contributed by atoms with Crippen LogP contribution in [0.2, 0.25) is 0 Å². The molecule has 0 aromatic heterocycles. The van der Waals surface area contributed by atoms with Crippen LogP contribution in [0.15, 0.2) is 0 Å². The summed E-state index contributed by atoms with van der Waals surface area (Å²) in [5.74, 6) is 0. The van der Waals surface area contributed by atoms with Gasteiger partial charge in [0.05, 0.1) is 0 Å². The maximum atomic E-state index is 5.87. The third-order valence-electron chi connectivity index (χ3n) is 3.45. The monoisotopic (exact) mass is 213 g/mol. The minimum atomic E-state index is 0.449. The first-order valence-corrected chi connectivity index (χ1v) is 6.47. The van der Waals surface area contributed by atoms with Gasteiger partial charge < -0.3 is 16.0 Å². The van der Waals surface area contributed by atoms with Gasteiger partial charge in [-0.05, 0) is 51.9 Å². The summed E-state index contributed by atoms with van der Waals surface area (Å²) in [6.07, 6.45) is 4.90. The Morgan fingerprint density at radius 2 is 2.00 bits per heavy atom. The fourth-order valence-corrected chi connectivity index (χ4v) is 2.35. The van der Waals surface area contributed by atoms with Gasteiger partial charge in [0.25, 0.3) is 0 Å². The van der Waals surface area contributed by atoms with Crippen molar-refractivity contribution >= 4 is 0 Å². The summed E-state index contributed by atoms with van der Waals surface area (Å²) in [4.78, 5) is 2.47. The van der Waals surface area contributed by atoms with Gasteiger partial charge in [0.15, 0.2) is 0 Å². The van der Waals surface area contributed by atoms with E-state index in [1.165, 1.54) is 45.3 Å². The average Bonchev–Trinajstić information content (AvgIpc) is 2.65. The van der Waals surface area contributed by atoms with E-state index in [0.717, 1.165) is 6.54 Å². The van der Waals surface area contributed by atoms with E-state index in [1.807, 2.05) is 0 Å². The molecule has 1 aliphatic rings. The summed E-state index contributed by atoms with van der Waals surface area (Å²) in [5, 5.41) is 3.61. The first-order valence-electron chi connectivity index (χ1n) is 6.47. The maximum absolute atomic E-state index is 5.87. The molecule has 0 spiro atoms. The topological polar surface area (TPSA) is 41.3 Å². The lowest BCUT2D eigenvalue weighted by molar-refractivity contribution is 0.295. The highest BCUT2D eigenvalue weighted by Gasteiger charge is 2.20. The first-order chi connectivity index (χ1) is 7.26. The summed E-state index contributed by atoms with van der Waals surface area (Å²) in [7, 11) is 0. The van der Waals surface area contributed by atoms with Crippen molar-refractivity contribution in [2.75, 3.05) is 26.2 Å². The van der Waals surface area contributed by atoms with E-state index in [0.29, 0.717) is 12.1 Å². The van der Waals surface area contributed by atoms with Crippen LogP contribution in [0.1, 0.15) is 39.5 Å². The number of rotatable bonds is 7. The van der Waals surface area contributed by atoms with Gasteiger partial charge in [0, 0.05) is 12.1 Å². The van der Waals surface area contributed by atoms with Crippen molar-refractivity contribution in [1.29, 1.82) is 0 Å². The molecule has 2 unspecified atom stereocenters. The van der Waals surface area contributed by atoms with E-state index in [1.54, 1.807) is 0 Å². The second-order valence-electron chi connectivity index (χ2n) is 4.60. The highest BCUT2D eigenvalue weighted by atomic mass is 15.1. The molecule has 0 radical (unpaired) electrons. The lowest BCUT2D eigenvalue weighted by Gasteiger charge is -2.19. The molecule has 0 bridgehead atoms. The molecule has 0 aliphatic heterocycles. The van der Waals surface area contributed by atoms with E-state index in [4.69, 9.17) is 5.73 Å². The van der Waals surface area contributed by atoms with Crippen LogP contribution in [0.25, 0.3) is 0 Å². The summed E-state index contributed by atoms with van der Waals surface area (Å²) in [5.41, 5.74) is 5.87. The Hall–Kier alpha value is -0.120. The standard InChI is InChI=1S/C12H27N3/c1-3-15(4-2)9-5-8-14-12-7-6-11(13)10-12/h11-12,14H,3-10,13H2,1-2H3. The zero-order valence-corrected chi connectivity index (χ0v) is 10.3. The van der Waals surface area contributed by atoms with Crippen molar-refractivity contribution in [3.05, 3.63) is 0 Å². The van der Waals surface area contributed by atoms with Crippen LogP contribution in [0.4, 0.5) is 0 Å². The lowest BCUT2D eigenvalue weighted by Crippen LogP contribution is -2.32. The molecule has 1 saturated carbocycles. The van der Waals surface area contributed by atoms with E-state index in [-0.39, 0.29) is 0 Å². The molecule has 15 heavy (non-hydrogen) atoms. The van der Waals surface area contributed by atoms with Crippen molar-refractivity contribution in [2.45, 2.75) is 51.6 Å². The van der Waals surface area contributed by atoms with Crippen LogP contribution in [-0.2, 0) is 0 Å². The molecule has 0 heterocycles. The highest BCUT2D eigenvalue weighted by Crippen LogP contribution is 2.16. The van der Waals surface area contributed by atoms with Crippen molar-refractivity contribution < 1.29 is 0 Å². The second kappa shape index (κ2) is 7.20. The van der Waals surface area contributed by atoms with Gasteiger partial charge in [-0.15, -0.1) is 0 Å². The Bertz CT molecular complexity index is 157. The molecule has 3 N–H and O–H groups in total. The zero-order valence-electron chi connectivity index (χ0n) is 10.3. The van der Waals surface area contributed by atoms with Gasteiger partial charge in [0.1, 0.15) is 0 Å². The van der Waals surface area contributed by atoms with Gasteiger partial charge in [0.2, 0.25) is 0 Å². The van der Waals surface area contributed by atoms with Crippen LogP contribution in [-0.4, -0.2) is 43.2 Å². The summed E-state index contributed by atoms with van der Waals surface area (Å²) >= 11 is 0. The largest absolute Gasteiger partial charge is 0.328 e. The van der Waals surface area contributed by atoms with Crippen LogP contribution >= 0.6 is 0 Å². The molecule has 0 saturated heterocycles. The molecule has 1 rings (SSSR count). The molecule has 3 heteroatoms. The van der Waals surface area contributed by atoms with Crippen LogP contribution in [0.5, 0.6) is 0 Å². The Balaban J connectivity index is 1.97. The molecule has 3 nitrogen and oxygen atoms in total. The van der Waals surface area contributed by atoms with Crippen molar-refractivity contribution in [3.63, 3.8) is 0 Å². The molecule has 1 aliphatic carbocycles. The minimum absolute atomic E-state index is 0.449. The molecule has 90 valence electrons. The molecule has 0 aromatic carbocycles. The predicted octanol–water partition coefficient (Wildman–Crippen LogP) is 1.19. The van der Waals surface area contributed by atoms with Crippen molar-refractivity contribution in [1.82, 2.24) is 10.2 Å². The number of nitrogens with zero attached hydrogens (tertiary/aromatic N) is 1. The molecule has 0 aromatic rings. The van der Waals surface area contributed by atoms with Crippen LogP contribution in [0, 0.1) is 0 Å². The quantitative estimate of drug-likeness (QED) is 0.624. The molecule has 0 amide bonds. The third kappa shape index (κ3) is 4.96. The normalized spacial score (nSPS) is 26.4. The Kier molecular flexibility index (Phi) is 6.22.